The second-order valence-corrected chi connectivity index (χ2v) is 4.00. The van der Waals surface area contributed by atoms with E-state index in [2.05, 4.69) is 25.7 Å². The first-order valence-corrected chi connectivity index (χ1v) is 4.28. The van der Waals surface area contributed by atoms with Gasteiger partial charge in [-0.15, -0.1) is 6.58 Å². The SMILES string of the molecule is C=CC(C)(C)CC(C)NC(C)=O. The minimum atomic E-state index is 0.0300. The molecule has 70 valence electrons. The van der Waals surface area contributed by atoms with Gasteiger partial charge >= 0.3 is 0 Å². The highest BCUT2D eigenvalue weighted by Crippen LogP contribution is 2.22. The smallest absolute Gasteiger partial charge is 0.217 e. The Balaban J connectivity index is 3.91. The Kier molecular flexibility index (Phi) is 4.01. The molecule has 12 heavy (non-hydrogen) atoms. The summed E-state index contributed by atoms with van der Waals surface area (Å²) in [6.45, 7) is 11.5. The van der Waals surface area contributed by atoms with Crippen molar-refractivity contribution in [2.75, 3.05) is 0 Å². The molecule has 0 aromatic heterocycles. The van der Waals surface area contributed by atoms with Gasteiger partial charge in [-0.25, -0.2) is 0 Å². The van der Waals surface area contributed by atoms with Crippen LogP contribution < -0.4 is 5.32 Å². The lowest BCUT2D eigenvalue weighted by Gasteiger charge is -2.24. The average Bonchev–Trinajstić information content (AvgIpc) is 1.84. The van der Waals surface area contributed by atoms with E-state index in [9.17, 15) is 4.79 Å². The van der Waals surface area contributed by atoms with E-state index in [4.69, 9.17) is 0 Å². The summed E-state index contributed by atoms with van der Waals surface area (Å²) in [4.78, 5) is 10.7. The van der Waals surface area contributed by atoms with Crippen molar-refractivity contribution in [1.82, 2.24) is 5.32 Å². The summed E-state index contributed by atoms with van der Waals surface area (Å²) < 4.78 is 0. The second-order valence-electron chi connectivity index (χ2n) is 4.00. The van der Waals surface area contributed by atoms with E-state index < -0.39 is 0 Å². The van der Waals surface area contributed by atoms with E-state index in [1.165, 1.54) is 6.92 Å². The monoisotopic (exact) mass is 169 g/mol. The van der Waals surface area contributed by atoms with Crippen LogP contribution in [-0.4, -0.2) is 11.9 Å². The number of carbonyl (C=O) groups excluding carboxylic acids is 1. The van der Waals surface area contributed by atoms with E-state index in [1.807, 2.05) is 13.0 Å². The molecule has 1 amide bonds. The van der Waals surface area contributed by atoms with Crippen molar-refractivity contribution < 1.29 is 4.79 Å². The molecule has 0 bridgehead atoms. The highest BCUT2D eigenvalue weighted by molar-refractivity contribution is 5.73. The highest BCUT2D eigenvalue weighted by atomic mass is 16.1. The molecule has 1 N–H and O–H groups in total. The molecule has 0 aliphatic rings. The summed E-state index contributed by atoms with van der Waals surface area (Å²) in [7, 11) is 0. The molecule has 1 unspecified atom stereocenters. The van der Waals surface area contributed by atoms with Crippen LogP contribution in [0.2, 0.25) is 0 Å². The molecule has 0 aliphatic carbocycles. The van der Waals surface area contributed by atoms with Gasteiger partial charge in [0.15, 0.2) is 0 Å². The van der Waals surface area contributed by atoms with Crippen molar-refractivity contribution in [3.05, 3.63) is 12.7 Å². The van der Waals surface area contributed by atoms with Gasteiger partial charge in [0, 0.05) is 13.0 Å². The fourth-order valence-electron chi connectivity index (χ4n) is 1.27. The lowest BCUT2D eigenvalue weighted by Crippen LogP contribution is -2.33. The zero-order valence-electron chi connectivity index (χ0n) is 8.48. The number of hydrogen-bond acceptors (Lipinski definition) is 1. The van der Waals surface area contributed by atoms with Crippen LogP contribution in [-0.2, 0) is 4.79 Å². The van der Waals surface area contributed by atoms with Gasteiger partial charge < -0.3 is 5.32 Å². The Bertz CT molecular complexity index is 173. The van der Waals surface area contributed by atoms with Crippen molar-refractivity contribution in [3.63, 3.8) is 0 Å². The van der Waals surface area contributed by atoms with Gasteiger partial charge in [-0.2, -0.15) is 0 Å². The molecule has 0 fully saturated rings. The summed E-state index contributed by atoms with van der Waals surface area (Å²) in [6.07, 6.45) is 2.85. The van der Waals surface area contributed by atoms with Gasteiger partial charge in [-0.3, -0.25) is 4.79 Å². The highest BCUT2D eigenvalue weighted by Gasteiger charge is 2.17. The normalized spacial score (nSPS) is 13.7. The topological polar surface area (TPSA) is 29.1 Å². The van der Waals surface area contributed by atoms with Crippen LogP contribution >= 0.6 is 0 Å². The number of hydrogen-bond donors (Lipinski definition) is 1. The van der Waals surface area contributed by atoms with Crippen molar-refractivity contribution >= 4 is 5.91 Å². The fourth-order valence-corrected chi connectivity index (χ4v) is 1.27. The summed E-state index contributed by atoms with van der Waals surface area (Å²) in [5.41, 5.74) is 0.0991. The van der Waals surface area contributed by atoms with Crippen molar-refractivity contribution in [2.45, 2.75) is 40.2 Å². The molecular weight excluding hydrogens is 150 g/mol. The minimum absolute atomic E-state index is 0.0300. The molecule has 0 saturated heterocycles. The molecule has 1 atom stereocenters. The third kappa shape index (κ3) is 4.94. The number of nitrogens with one attached hydrogen (secondary N) is 1. The van der Waals surface area contributed by atoms with Crippen molar-refractivity contribution in [1.29, 1.82) is 0 Å². The zero-order valence-corrected chi connectivity index (χ0v) is 8.48. The maximum atomic E-state index is 10.7. The van der Waals surface area contributed by atoms with Crippen LogP contribution in [0, 0.1) is 5.41 Å². The third-order valence-electron chi connectivity index (χ3n) is 1.83. The van der Waals surface area contributed by atoms with Crippen molar-refractivity contribution in [2.24, 2.45) is 5.41 Å². The lowest BCUT2D eigenvalue weighted by atomic mass is 9.86. The zero-order chi connectivity index (χ0) is 9.78. The quantitative estimate of drug-likeness (QED) is 0.642. The lowest BCUT2D eigenvalue weighted by molar-refractivity contribution is -0.119. The fraction of sp³-hybridized carbons (Fsp3) is 0.700. The first-order chi connectivity index (χ1) is 5.37. The van der Waals surface area contributed by atoms with Crippen molar-refractivity contribution in [3.8, 4) is 0 Å². The largest absolute Gasteiger partial charge is 0.354 e. The van der Waals surface area contributed by atoms with Gasteiger partial charge in [-0.05, 0) is 18.8 Å². The maximum Gasteiger partial charge on any atom is 0.217 e. The van der Waals surface area contributed by atoms with Gasteiger partial charge in [0.25, 0.3) is 0 Å². The van der Waals surface area contributed by atoms with Gasteiger partial charge in [-0.1, -0.05) is 19.9 Å². The predicted molar refractivity (Wildman–Crippen MR) is 51.9 cm³/mol. The number of rotatable bonds is 4. The Hall–Kier alpha value is -0.790. The van der Waals surface area contributed by atoms with E-state index >= 15 is 0 Å². The number of amides is 1. The summed E-state index contributed by atoms with van der Waals surface area (Å²) in [5.74, 6) is 0.0300. The standard InChI is InChI=1S/C10H19NO/c1-6-10(4,5)7-8(2)11-9(3)12/h6,8H,1,7H2,2-5H3,(H,11,12). The molecule has 0 rings (SSSR count). The number of carbonyl (C=O) groups is 1. The molecule has 0 spiro atoms. The maximum absolute atomic E-state index is 10.7. The van der Waals surface area contributed by atoms with Gasteiger partial charge in [0.1, 0.15) is 0 Å². The van der Waals surface area contributed by atoms with E-state index in [0.717, 1.165) is 6.42 Å². The molecule has 0 aliphatic heterocycles. The predicted octanol–water partition coefficient (Wildman–Crippen LogP) is 2.11. The van der Waals surface area contributed by atoms with Crippen LogP contribution in [0.15, 0.2) is 12.7 Å². The van der Waals surface area contributed by atoms with E-state index in [-0.39, 0.29) is 17.4 Å². The Morgan fingerprint density at radius 1 is 1.67 bits per heavy atom. The molecule has 0 aromatic carbocycles. The Morgan fingerprint density at radius 3 is 2.50 bits per heavy atom. The van der Waals surface area contributed by atoms with Crippen LogP contribution in [0.4, 0.5) is 0 Å². The Morgan fingerprint density at radius 2 is 2.17 bits per heavy atom. The van der Waals surface area contributed by atoms with E-state index in [0.29, 0.717) is 0 Å². The molecule has 0 radical (unpaired) electrons. The average molecular weight is 169 g/mol. The van der Waals surface area contributed by atoms with Crippen LogP contribution in [0.5, 0.6) is 0 Å². The van der Waals surface area contributed by atoms with E-state index in [1.54, 1.807) is 0 Å². The minimum Gasteiger partial charge on any atom is -0.354 e. The summed E-state index contributed by atoms with van der Waals surface area (Å²) in [6, 6.07) is 0.218. The van der Waals surface area contributed by atoms with Crippen LogP contribution in [0.3, 0.4) is 0 Å². The van der Waals surface area contributed by atoms with Crippen LogP contribution in [0.25, 0.3) is 0 Å². The molecule has 0 aromatic rings. The second kappa shape index (κ2) is 4.29. The molecule has 0 heterocycles. The molecule has 0 saturated carbocycles. The molecular formula is C10H19NO. The molecule has 2 nitrogen and oxygen atoms in total. The van der Waals surface area contributed by atoms with Gasteiger partial charge in [0.2, 0.25) is 5.91 Å². The van der Waals surface area contributed by atoms with Crippen LogP contribution in [0.1, 0.15) is 34.1 Å². The summed E-state index contributed by atoms with van der Waals surface area (Å²) >= 11 is 0. The number of allylic oxidation sites excluding steroid dienone is 1. The first kappa shape index (κ1) is 11.2. The Labute approximate surface area is 75.0 Å². The summed E-state index contributed by atoms with van der Waals surface area (Å²) in [5, 5.41) is 2.85. The van der Waals surface area contributed by atoms with Gasteiger partial charge in [0.05, 0.1) is 0 Å². The molecule has 2 heteroatoms. The first-order valence-electron chi connectivity index (χ1n) is 4.28. The third-order valence-corrected chi connectivity index (χ3v) is 1.83.